The highest BCUT2D eigenvalue weighted by Crippen LogP contribution is 2.27. The molecular weight excluding hydrogens is 166 g/mol. The fourth-order valence-corrected chi connectivity index (χ4v) is 1.98. The van der Waals surface area contributed by atoms with Gasteiger partial charge in [-0.15, -0.1) is 0 Å². The lowest BCUT2D eigenvalue weighted by Gasteiger charge is -2.16. The summed E-state index contributed by atoms with van der Waals surface area (Å²) in [6.45, 7) is 5.93. The third-order valence-electron chi connectivity index (χ3n) is 2.88. The van der Waals surface area contributed by atoms with E-state index in [2.05, 4.69) is 4.90 Å². The Morgan fingerprint density at radius 3 is 2.46 bits per heavy atom. The molecule has 3 heteroatoms. The zero-order valence-corrected chi connectivity index (χ0v) is 8.17. The molecule has 0 saturated carbocycles. The van der Waals surface area contributed by atoms with E-state index in [-0.39, 0.29) is 12.1 Å². The molecule has 13 heavy (non-hydrogen) atoms. The number of carbonyl (C=O) groups excluding carboxylic acids is 1. The standard InChI is InChI=1S/C10H15NO2/c1-7-8(2)13-10(12)9(7)11-5-3-4-6-11/h8H,3-6H2,1-2H3. The average Bonchev–Trinajstić information content (AvgIpc) is 2.63. The molecule has 0 aromatic rings. The summed E-state index contributed by atoms with van der Waals surface area (Å²) in [7, 11) is 0. The van der Waals surface area contributed by atoms with Crippen LogP contribution >= 0.6 is 0 Å². The van der Waals surface area contributed by atoms with Gasteiger partial charge in [-0.2, -0.15) is 0 Å². The highest BCUT2D eigenvalue weighted by Gasteiger charge is 2.33. The molecule has 0 aliphatic carbocycles. The van der Waals surface area contributed by atoms with E-state index in [1.807, 2.05) is 13.8 Å². The minimum atomic E-state index is -0.132. The third-order valence-corrected chi connectivity index (χ3v) is 2.88. The van der Waals surface area contributed by atoms with Crippen LogP contribution in [-0.2, 0) is 9.53 Å². The van der Waals surface area contributed by atoms with Gasteiger partial charge in [-0.1, -0.05) is 0 Å². The van der Waals surface area contributed by atoms with Crippen molar-refractivity contribution >= 4 is 5.97 Å². The van der Waals surface area contributed by atoms with Gasteiger partial charge in [-0.3, -0.25) is 0 Å². The normalized spacial score (nSPS) is 28.6. The summed E-state index contributed by atoms with van der Waals surface area (Å²) in [5.41, 5.74) is 1.91. The molecule has 1 fully saturated rings. The summed E-state index contributed by atoms with van der Waals surface area (Å²) in [6.07, 6.45) is 2.36. The number of hydrogen-bond donors (Lipinski definition) is 0. The molecule has 0 spiro atoms. The molecule has 2 rings (SSSR count). The lowest BCUT2D eigenvalue weighted by Crippen LogP contribution is -2.23. The molecule has 0 bridgehead atoms. The Morgan fingerprint density at radius 1 is 1.38 bits per heavy atom. The van der Waals surface area contributed by atoms with Crippen molar-refractivity contribution in [3.63, 3.8) is 0 Å². The quantitative estimate of drug-likeness (QED) is 0.571. The molecule has 0 amide bonds. The largest absolute Gasteiger partial charge is 0.453 e. The van der Waals surface area contributed by atoms with Gasteiger partial charge in [-0.05, 0) is 32.3 Å². The molecule has 2 aliphatic heterocycles. The van der Waals surface area contributed by atoms with Crippen molar-refractivity contribution in [2.24, 2.45) is 0 Å². The molecule has 0 N–H and O–H groups in total. The minimum Gasteiger partial charge on any atom is -0.453 e. The van der Waals surface area contributed by atoms with Crippen LogP contribution in [0, 0.1) is 0 Å². The van der Waals surface area contributed by atoms with E-state index in [1.54, 1.807) is 0 Å². The Morgan fingerprint density at radius 2 is 2.00 bits per heavy atom. The van der Waals surface area contributed by atoms with Crippen LogP contribution < -0.4 is 0 Å². The van der Waals surface area contributed by atoms with Crippen molar-refractivity contribution < 1.29 is 9.53 Å². The van der Waals surface area contributed by atoms with Crippen LogP contribution in [-0.4, -0.2) is 30.1 Å². The van der Waals surface area contributed by atoms with Crippen molar-refractivity contribution in [2.45, 2.75) is 32.8 Å². The van der Waals surface area contributed by atoms with Crippen molar-refractivity contribution in [1.82, 2.24) is 4.90 Å². The Hall–Kier alpha value is -0.990. The van der Waals surface area contributed by atoms with Gasteiger partial charge in [0.25, 0.3) is 0 Å². The summed E-state index contributed by atoms with van der Waals surface area (Å²) < 4.78 is 5.14. The van der Waals surface area contributed by atoms with Crippen molar-refractivity contribution in [3.8, 4) is 0 Å². The Kier molecular flexibility index (Phi) is 2.02. The predicted octanol–water partition coefficient (Wildman–Crippen LogP) is 1.30. The summed E-state index contributed by atoms with van der Waals surface area (Å²) in [4.78, 5) is 13.6. The van der Waals surface area contributed by atoms with Crippen molar-refractivity contribution in [3.05, 3.63) is 11.3 Å². The SMILES string of the molecule is CC1=C(N2CCCC2)C(=O)OC1C. The molecule has 0 aromatic carbocycles. The van der Waals surface area contributed by atoms with E-state index in [4.69, 9.17) is 4.74 Å². The molecule has 0 radical (unpaired) electrons. The number of rotatable bonds is 1. The van der Waals surface area contributed by atoms with Gasteiger partial charge < -0.3 is 9.64 Å². The first-order chi connectivity index (χ1) is 6.20. The second-order valence-electron chi connectivity index (χ2n) is 3.77. The smallest absolute Gasteiger partial charge is 0.355 e. The number of carbonyl (C=O) groups is 1. The van der Waals surface area contributed by atoms with Gasteiger partial charge in [0.2, 0.25) is 0 Å². The van der Waals surface area contributed by atoms with Crippen LogP contribution in [0.4, 0.5) is 0 Å². The molecular formula is C10H15NO2. The summed E-state index contributed by atoms with van der Waals surface area (Å²) >= 11 is 0. The van der Waals surface area contributed by atoms with Crippen LogP contribution in [0.1, 0.15) is 26.7 Å². The molecule has 3 nitrogen and oxygen atoms in total. The lowest BCUT2D eigenvalue weighted by molar-refractivity contribution is -0.140. The summed E-state index contributed by atoms with van der Waals surface area (Å²) in [5.74, 6) is -0.132. The molecule has 0 aromatic heterocycles. The van der Waals surface area contributed by atoms with E-state index in [0.29, 0.717) is 0 Å². The van der Waals surface area contributed by atoms with Gasteiger partial charge in [-0.25, -0.2) is 4.79 Å². The van der Waals surface area contributed by atoms with Gasteiger partial charge in [0.05, 0.1) is 0 Å². The Balaban J connectivity index is 2.24. The first-order valence-electron chi connectivity index (χ1n) is 4.87. The molecule has 1 atom stereocenters. The van der Waals surface area contributed by atoms with Crippen molar-refractivity contribution in [1.29, 1.82) is 0 Å². The maximum absolute atomic E-state index is 11.5. The second kappa shape index (κ2) is 3.05. The zero-order valence-electron chi connectivity index (χ0n) is 8.17. The van der Waals surface area contributed by atoms with Gasteiger partial charge in [0.1, 0.15) is 11.8 Å². The third kappa shape index (κ3) is 1.32. The first-order valence-corrected chi connectivity index (χ1v) is 4.87. The highest BCUT2D eigenvalue weighted by molar-refractivity contribution is 5.91. The molecule has 72 valence electrons. The number of cyclic esters (lactones) is 1. The Labute approximate surface area is 78.4 Å². The van der Waals surface area contributed by atoms with Crippen LogP contribution in [0.2, 0.25) is 0 Å². The average molecular weight is 181 g/mol. The van der Waals surface area contributed by atoms with Crippen molar-refractivity contribution in [2.75, 3.05) is 13.1 Å². The number of esters is 1. The van der Waals surface area contributed by atoms with Gasteiger partial charge in [0.15, 0.2) is 0 Å². The Bertz CT molecular complexity index is 264. The molecule has 1 saturated heterocycles. The van der Waals surface area contributed by atoms with E-state index < -0.39 is 0 Å². The molecule has 2 aliphatic rings. The zero-order chi connectivity index (χ0) is 9.42. The predicted molar refractivity (Wildman–Crippen MR) is 49.1 cm³/mol. The first kappa shape index (κ1) is 8.60. The fourth-order valence-electron chi connectivity index (χ4n) is 1.98. The van der Waals surface area contributed by atoms with Gasteiger partial charge in [0, 0.05) is 13.1 Å². The topological polar surface area (TPSA) is 29.5 Å². The maximum Gasteiger partial charge on any atom is 0.355 e. The van der Waals surface area contributed by atoms with Crippen LogP contribution in [0.3, 0.4) is 0 Å². The van der Waals surface area contributed by atoms with Crippen LogP contribution in [0.25, 0.3) is 0 Å². The van der Waals surface area contributed by atoms with Gasteiger partial charge >= 0.3 is 5.97 Å². The number of ether oxygens (including phenoxy) is 1. The van der Waals surface area contributed by atoms with E-state index in [1.165, 1.54) is 12.8 Å². The fraction of sp³-hybridized carbons (Fsp3) is 0.700. The van der Waals surface area contributed by atoms with E-state index in [0.717, 1.165) is 24.4 Å². The van der Waals surface area contributed by atoms with E-state index in [9.17, 15) is 4.79 Å². The molecule has 1 unspecified atom stereocenters. The maximum atomic E-state index is 11.5. The number of likely N-dealkylation sites (tertiary alicyclic amines) is 1. The number of hydrogen-bond acceptors (Lipinski definition) is 3. The summed E-state index contributed by atoms with van der Waals surface area (Å²) in [6, 6.07) is 0. The second-order valence-corrected chi connectivity index (χ2v) is 3.77. The lowest BCUT2D eigenvalue weighted by atomic mass is 10.1. The van der Waals surface area contributed by atoms with Crippen LogP contribution in [0.15, 0.2) is 11.3 Å². The van der Waals surface area contributed by atoms with Crippen LogP contribution in [0.5, 0.6) is 0 Å². The minimum absolute atomic E-state index is 0.0249. The highest BCUT2D eigenvalue weighted by atomic mass is 16.5. The summed E-state index contributed by atoms with van der Waals surface area (Å²) in [5, 5.41) is 0. The molecule has 2 heterocycles. The van der Waals surface area contributed by atoms with E-state index >= 15 is 0 Å². The number of nitrogens with zero attached hydrogens (tertiary/aromatic N) is 1. The monoisotopic (exact) mass is 181 g/mol.